The number of aromatic hydroxyl groups is 1. The average molecular weight is 826 g/mol. The fraction of sp³-hybridized carbons (Fsp3) is 0.128. The van der Waals surface area contributed by atoms with Gasteiger partial charge in [0, 0.05) is 28.9 Å². The van der Waals surface area contributed by atoms with E-state index < -0.39 is 36.6 Å². The molecule has 0 saturated carbocycles. The Morgan fingerprint density at radius 1 is 0.552 bits per heavy atom. The van der Waals surface area contributed by atoms with Gasteiger partial charge in [-0.2, -0.15) is 32.2 Å². The summed E-state index contributed by atoms with van der Waals surface area (Å²) in [5.41, 5.74) is 3.81. The predicted molar refractivity (Wildman–Crippen MR) is 216 cm³/mol. The molecule has 0 saturated heterocycles. The van der Waals surface area contributed by atoms with Gasteiger partial charge in [0.2, 0.25) is 0 Å². The first-order chi connectivity index (χ1) is 27.6. The molecule has 0 aliphatic heterocycles. The van der Waals surface area contributed by atoms with Crippen molar-refractivity contribution in [3.63, 3.8) is 0 Å². The quantitative estimate of drug-likeness (QED) is 0.0630. The maximum absolute atomic E-state index is 12.5. The van der Waals surface area contributed by atoms with Crippen LogP contribution in [0.2, 0.25) is 0 Å². The first kappa shape index (κ1) is 40.9. The summed E-state index contributed by atoms with van der Waals surface area (Å²) in [4.78, 5) is -0.925. The third kappa shape index (κ3) is 9.24. The molecule has 6 aromatic carbocycles. The second-order valence-corrected chi connectivity index (χ2v) is 15.3. The molecule has 19 heteroatoms. The Bertz CT molecular complexity index is 2850. The number of azo groups is 3. The fourth-order valence-corrected chi connectivity index (χ4v) is 6.73. The molecule has 4 N–H and O–H groups in total. The van der Waals surface area contributed by atoms with Crippen molar-refractivity contribution in [2.75, 3.05) is 26.6 Å². The van der Waals surface area contributed by atoms with Crippen molar-refractivity contribution in [2.24, 2.45) is 30.7 Å². The Kier molecular flexibility index (Phi) is 11.8. The highest BCUT2D eigenvalue weighted by Crippen LogP contribution is 2.44. The lowest BCUT2D eigenvalue weighted by atomic mass is 10.1. The molecule has 0 aliphatic rings. The number of nitrogens with one attached hydrogen (secondary N) is 1. The number of hydrogen-bond donors (Lipinski definition) is 4. The molecule has 6 aromatic rings. The zero-order valence-corrected chi connectivity index (χ0v) is 33.1. The van der Waals surface area contributed by atoms with E-state index in [1.165, 1.54) is 44.6 Å². The van der Waals surface area contributed by atoms with Gasteiger partial charge >= 0.3 is 0 Å². The van der Waals surface area contributed by atoms with Gasteiger partial charge in [-0.3, -0.25) is 9.11 Å². The molecule has 58 heavy (non-hydrogen) atoms. The number of hydrogen-bond acceptors (Lipinski definition) is 15. The van der Waals surface area contributed by atoms with Gasteiger partial charge in [0.15, 0.2) is 5.75 Å². The van der Waals surface area contributed by atoms with Crippen molar-refractivity contribution in [3.8, 4) is 23.0 Å². The molecule has 0 atom stereocenters. The van der Waals surface area contributed by atoms with Gasteiger partial charge in [-0.05, 0) is 115 Å². The first-order valence-electron chi connectivity index (χ1n) is 17.0. The summed E-state index contributed by atoms with van der Waals surface area (Å²) in [6, 6.07) is 24.9. The summed E-state index contributed by atoms with van der Waals surface area (Å²) < 4.78 is 83.3. The van der Waals surface area contributed by atoms with Crippen molar-refractivity contribution in [1.29, 1.82) is 0 Å². The summed E-state index contributed by atoms with van der Waals surface area (Å²) in [7, 11) is -4.82. The van der Waals surface area contributed by atoms with Crippen molar-refractivity contribution in [1.82, 2.24) is 0 Å². The maximum Gasteiger partial charge on any atom is 0.296 e. The van der Waals surface area contributed by atoms with Gasteiger partial charge in [-0.1, -0.05) is 0 Å². The highest BCUT2D eigenvalue weighted by atomic mass is 32.2. The van der Waals surface area contributed by atoms with Crippen LogP contribution in [0.1, 0.15) is 11.1 Å². The number of benzene rings is 6. The Hall–Kier alpha value is -6.80. The minimum Gasteiger partial charge on any atom is -0.505 e. The average Bonchev–Trinajstić information content (AvgIpc) is 3.19. The zero-order chi connectivity index (χ0) is 41.8. The van der Waals surface area contributed by atoms with E-state index in [1.807, 2.05) is 0 Å². The van der Waals surface area contributed by atoms with E-state index in [-0.39, 0.29) is 21.7 Å². The summed E-state index contributed by atoms with van der Waals surface area (Å²) in [6.45, 7) is 3.51. The van der Waals surface area contributed by atoms with E-state index in [1.54, 1.807) is 87.7 Å². The van der Waals surface area contributed by atoms with Crippen LogP contribution in [0.15, 0.2) is 138 Å². The molecule has 0 aliphatic carbocycles. The summed E-state index contributed by atoms with van der Waals surface area (Å²) in [5, 5.41) is 40.4. The number of phenols is 1. The van der Waals surface area contributed by atoms with Crippen LogP contribution >= 0.6 is 0 Å². The highest BCUT2D eigenvalue weighted by molar-refractivity contribution is 7.86. The van der Waals surface area contributed by atoms with Crippen molar-refractivity contribution in [3.05, 3.63) is 108 Å². The Morgan fingerprint density at radius 2 is 1.09 bits per heavy atom. The zero-order valence-electron chi connectivity index (χ0n) is 31.4. The number of anilines is 2. The molecule has 6 rings (SSSR count). The van der Waals surface area contributed by atoms with E-state index in [2.05, 4.69) is 36.0 Å². The van der Waals surface area contributed by atoms with Crippen LogP contribution in [0.5, 0.6) is 23.0 Å². The molecular weight excluding hydrogens is 791 g/mol. The molecule has 0 fully saturated rings. The highest BCUT2D eigenvalue weighted by Gasteiger charge is 2.23. The van der Waals surface area contributed by atoms with Crippen LogP contribution in [0.25, 0.3) is 10.8 Å². The number of aryl methyl sites for hydroxylation is 2. The van der Waals surface area contributed by atoms with Crippen LogP contribution < -0.4 is 19.5 Å². The van der Waals surface area contributed by atoms with Gasteiger partial charge < -0.3 is 24.6 Å². The van der Waals surface area contributed by atoms with Crippen LogP contribution in [-0.4, -0.2) is 52.4 Å². The number of nitrogens with zero attached hydrogens (tertiary/aromatic N) is 6. The minimum atomic E-state index is -4.88. The number of methoxy groups -OCH3 is 3. The monoisotopic (exact) mass is 825 g/mol. The Morgan fingerprint density at radius 3 is 1.62 bits per heavy atom. The molecule has 0 unspecified atom stereocenters. The lowest BCUT2D eigenvalue weighted by Crippen LogP contribution is -1.99. The van der Waals surface area contributed by atoms with Crippen LogP contribution in [-0.2, 0) is 20.2 Å². The molecule has 0 amide bonds. The summed E-state index contributed by atoms with van der Waals surface area (Å²) in [5.74, 6) is 0.677. The van der Waals surface area contributed by atoms with Crippen molar-refractivity contribution in [2.45, 2.75) is 23.6 Å². The van der Waals surface area contributed by atoms with Gasteiger partial charge in [0.25, 0.3) is 20.2 Å². The second-order valence-electron chi connectivity index (χ2n) is 12.5. The molecule has 0 aromatic heterocycles. The molecule has 17 nitrogen and oxygen atoms in total. The van der Waals surface area contributed by atoms with E-state index >= 15 is 0 Å². The molecule has 0 bridgehead atoms. The minimum absolute atomic E-state index is 0.162. The third-order valence-electron chi connectivity index (χ3n) is 8.63. The van der Waals surface area contributed by atoms with E-state index in [0.29, 0.717) is 56.4 Å². The summed E-state index contributed by atoms with van der Waals surface area (Å²) in [6.07, 6.45) is 0. The molecule has 298 valence electrons. The molecule has 0 spiro atoms. The lowest BCUT2D eigenvalue weighted by Gasteiger charge is -2.12. The normalized spacial score (nSPS) is 12.2. The van der Waals surface area contributed by atoms with E-state index in [4.69, 9.17) is 14.2 Å². The third-order valence-corrected chi connectivity index (χ3v) is 10.4. The van der Waals surface area contributed by atoms with Crippen LogP contribution in [0.3, 0.4) is 0 Å². The molecular formula is C39H35N7O10S2. The van der Waals surface area contributed by atoms with Crippen LogP contribution in [0, 0.1) is 13.8 Å². The van der Waals surface area contributed by atoms with Gasteiger partial charge in [0.05, 0.1) is 43.3 Å². The van der Waals surface area contributed by atoms with Crippen molar-refractivity contribution >= 4 is 76.5 Å². The first-order valence-corrected chi connectivity index (χ1v) is 19.8. The second kappa shape index (κ2) is 16.7. The maximum atomic E-state index is 12.5. The van der Waals surface area contributed by atoms with E-state index in [0.717, 1.165) is 5.69 Å². The number of ether oxygens (including phenoxy) is 3. The Balaban J connectivity index is 1.26. The summed E-state index contributed by atoms with van der Waals surface area (Å²) >= 11 is 0. The Labute approximate surface area is 332 Å². The molecule has 0 radical (unpaired) electrons. The van der Waals surface area contributed by atoms with Gasteiger partial charge in [0.1, 0.15) is 39.2 Å². The topological polar surface area (TPSA) is 243 Å². The standard InChI is InChI=1S/C39H35N7O10S2/c1-22-16-33(35(55-4)20-31(22)42-41-26-8-13-29(14-9-26)57(48,49)50)44-43-32-21-36(56-5)34(17-23(32)2)45-46-38-37(58(51,52)53)19-24-18-27(10-15-30(24)39(38)47)40-25-6-11-28(54-3)12-7-25/h6-21,40,47H,1-5H3,(H,48,49,50)(H,51,52,53). The predicted octanol–water partition coefficient (Wildman–Crippen LogP) is 10.7. The number of phenolic OH excluding ortho intramolecular Hbond substituents is 1. The van der Waals surface area contributed by atoms with E-state index in [9.17, 15) is 31.0 Å². The number of fused-ring (bicyclic) bond motifs is 1. The number of rotatable bonds is 13. The van der Waals surface area contributed by atoms with Gasteiger partial charge in [-0.25, -0.2) is 0 Å². The SMILES string of the molecule is COc1ccc(Nc2ccc3c(O)c(N=Nc4cc(C)c(N=Nc5cc(C)c(N=Nc6ccc(S(=O)(=O)O)cc6)cc5OC)cc4OC)c(S(=O)(=O)O)cc3c2)cc1. The van der Waals surface area contributed by atoms with Crippen molar-refractivity contribution < 1.29 is 45.3 Å². The lowest BCUT2D eigenvalue weighted by molar-refractivity contribution is 0.415. The largest absolute Gasteiger partial charge is 0.505 e. The fourth-order valence-electron chi connectivity index (χ4n) is 5.59. The molecule has 0 heterocycles. The smallest absolute Gasteiger partial charge is 0.296 e. The van der Waals surface area contributed by atoms with Crippen LogP contribution in [0.4, 0.5) is 45.5 Å². The van der Waals surface area contributed by atoms with Gasteiger partial charge in [-0.15, -0.1) is 15.3 Å².